The molecular weight excluding hydrogens is 258 g/mol. The number of rotatable bonds is 3. The fourth-order valence-electron chi connectivity index (χ4n) is 2.22. The van der Waals surface area contributed by atoms with Gasteiger partial charge in [0.05, 0.1) is 25.0 Å². The molecule has 1 aromatic rings. The molecule has 1 amide bonds. The summed E-state index contributed by atoms with van der Waals surface area (Å²) < 4.78 is 5.40. The molecule has 0 bridgehead atoms. The number of nitrogens with one attached hydrogen (secondary N) is 1. The van der Waals surface area contributed by atoms with Crippen LogP contribution in [0.1, 0.15) is 18.4 Å². The van der Waals surface area contributed by atoms with Crippen LogP contribution in [-0.2, 0) is 9.53 Å². The maximum absolute atomic E-state index is 12.3. The molecule has 2 aliphatic rings. The summed E-state index contributed by atoms with van der Waals surface area (Å²) in [6, 6.07) is 3.54. The van der Waals surface area contributed by atoms with Gasteiger partial charge >= 0.3 is 0 Å². The van der Waals surface area contributed by atoms with Gasteiger partial charge < -0.3 is 15.0 Å². The fourth-order valence-corrected chi connectivity index (χ4v) is 2.22. The van der Waals surface area contributed by atoms with Gasteiger partial charge in [0, 0.05) is 12.6 Å². The van der Waals surface area contributed by atoms with Gasteiger partial charge in [0.2, 0.25) is 5.91 Å². The maximum atomic E-state index is 12.3. The van der Waals surface area contributed by atoms with Crippen molar-refractivity contribution in [3.8, 4) is 6.07 Å². The molecule has 7 heteroatoms. The highest BCUT2D eigenvalue weighted by Gasteiger charge is 2.34. The highest BCUT2D eigenvalue weighted by Crippen LogP contribution is 2.23. The van der Waals surface area contributed by atoms with Crippen molar-refractivity contribution in [3.05, 3.63) is 17.8 Å². The summed E-state index contributed by atoms with van der Waals surface area (Å²) in [5, 5.41) is 20.0. The van der Waals surface area contributed by atoms with Crippen molar-refractivity contribution in [1.82, 2.24) is 15.5 Å². The van der Waals surface area contributed by atoms with Crippen molar-refractivity contribution in [2.75, 3.05) is 24.7 Å². The van der Waals surface area contributed by atoms with Gasteiger partial charge in [-0.1, -0.05) is 0 Å². The predicted octanol–water partition coefficient (Wildman–Crippen LogP) is -0.168. The molecular formula is C13H15N5O2. The fraction of sp³-hybridized carbons (Fsp3) is 0.538. The molecule has 2 heterocycles. The molecule has 1 aliphatic heterocycles. The molecule has 104 valence electrons. The minimum Gasteiger partial charge on any atom is -0.377 e. The lowest BCUT2D eigenvalue weighted by Gasteiger charge is -2.35. The van der Waals surface area contributed by atoms with E-state index in [-0.39, 0.29) is 5.91 Å². The van der Waals surface area contributed by atoms with Crippen LogP contribution in [0.5, 0.6) is 0 Å². The molecule has 1 saturated carbocycles. The zero-order chi connectivity index (χ0) is 13.9. The summed E-state index contributed by atoms with van der Waals surface area (Å²) in [6.45, 7) is 1.34. The summed E-state index contributed by atoms with van der Waals surface area (Å²) in [5.41, 5.74) is 0.422. The van der Waals surface area contributed by atoms with E-state index in [0.29, 0.717) is 37.2 Å². The SMILES string of the molecule is N#Cc1ccnnc1N1CCOCC1C(=O)NC1CC1. The summed E-state index contributed by atoms with van der Waals surface area (Å²) in [4.78, 5) is 14.1. The van der Waals surface area contributed by atoms with Crippen molar-refractivity contribution in [3.63, 3.8) is 0 Å². The number of hydrogen-bond donors (Lipinski definition) is 1. The zero-order valence-corrected chi connectivity index (χ0v) is 11.0. The molecule has 1 aliphatic carbocycles. The molecule has 0 radical (unpaired) electrons. The van der Waals surface area contributed by atoms with E-state index >= 15 is 0 Å². The average molecular weight is 273 g/mol. The topological polar surface area (TPSA) is 91.1 Å². The standard InChI is InChI=1S/C13H15N5O2/c14-7-9-3-4-15-17-12(9)18-5-6-20-8-11(18)13(19)16-10-1-2-10/h3-4,10-11H,1-2,5-6,8H2,(H,16,19). The van der Waals surface area contributed by atoms with Crippen LogP contribution in [0.15, 0.2) is 12.3 Å². The Hall–Kier alpha value is -2.20. The van der Waals surface area contributed by atoms with E-state index in [1.165, 1.54) is 6.20 Å². The number of anilines is 1. The summed E-state index contributed by atoms with van der Waals surface area (Å²) >= 11 is 0. The molecule has 0 aromatic carbocycles. The van der Waals surface area contributed by atoms with E-state index in [1.807, 2.05) is 4.90 Å². The number of aromatic nitrogens is 2. The lowest BCUT2D eigenvalue weighted by Crippen LogP contribution is -2.55. The first kappa shape index (κ1) is 12.8. The minimum atomic E-state index is -0.451. The normalized spacial score (nSPS) is 22.1. The van der Waals surface area contributed by atoms with E-state index in [1.54, 1.807) is 6.07 Å². The first-order chi connectivity index (χ1) is 9.79. The number of nitriles is 1. The number of carbonyl (C=O) groups excluding carboxylic acids is 1. The van der Waals surface area contributed by atoms with Crippen molar-refractivity contribution in [2.45, 2.75) is 24.9 Å². The van der Waals surface area contributed by atoms with Gasteiger partial charge in [-0.05, 0) is 18.9 Å². The van der Waals surface area contributed by atoms with Crippen LogP contribution in [0.3, 0.4) is 0 Å². The van der Waals surface area contributed by atoms with Gasteiger partial charge in [-0.25, -0.2) is 0 Å². The molecule has 1 unspecified atom stereocenters. The number of hydrogen-bond acceptors (Lipinski definition) is 6. The first-order valence-corrected chi connectivity index (χ1v) is 6.66. The highest BCUT2D eigenvalue weighted by molar-refractivity contribution is 5.86. The minimum absolute atomic E-state index is 0.0678. The lowest BCUT2D eigenvalue weighted by atomic mass is 10.1. The molecule has 20 heavy (non-hydrogen) atoms. The van der Waals surface area contributed by atoms with Crippen LogP contribution in [0, 0.1) is 11.3 Å². The molecule has 1 N–H and O–H groups in total. The second-order valence-corrected chi connectivity index (χ2v) is 4.95. The molecule has 7 nitrogen and oxygen atoms in total. The monoisotopic (exact) mass is 273 g/mol. The number of nitrogens with zero attached hydrogens (tertiary/aromatic N) is 4. The van der Waals surface area contributed by atoms with E-state index in [4.69, 9.17) is 10.00 Å². The maximum Gasteiger partial charge on any atom is 0.245 e. The Morgan fingerprint density at radius 3 is 3.15 bits per heavy atom. The Kier molecular flexibility index (Phi) is 3.48. The molecule has 2 fully saturated rings. The Morgan fingerprint density at radius 2 is 2.40 bits per heavy atom. The molecule has 3 rings (SSSR count). The van der Waals surface area contributed by atoms with Gasteiger partial charge in [0.15, 0.2) is 5.82 Å². The third kappa shape index (κ3) is 2.56. The highest BCUT2D eigenvalue weighted by atomic mass is 16.5. The zero-order valence-electron chi connectivity index (χ0n) is 11.0. The van der Waals surface area contributed by atoms with Crippen molar-refractivity contribution < 1.29 is 9.53 Å². The van der Waals surface area contributed by atoms with Crippen LogP contribution in [0.25, 0.3) is 0 Å². The van der Waals surface area contributed by atoms with Gasteiger partial charge in [0.25, 0.3) is 0 Å². The number of amides is 1. The van der Waals surface area contributed by atoms with Crippen LogP contribution >= 0.6 is 0 Å². The molecule has 1 aromatic heterocycles. The molecule has 0 spiro atoms. The van der Waals surface area contributed by atoms with Gasteiger partial charge in [-0.3, -0.25) is 4.79 Å². The second-order valence-electron chi connectivity index (χ2n) is 4.95. The lowest BCUT2D eigenvalue weighted by molar-refractivity contribution is -0.124. The largest absolute Gasteiger partial charge is 0.377 e. The second kappa shape index (κ2) is 5.43. The summed E-state index contributed by atoms with van der Waals surface area (Å²) in [5.74, 6) is 0.385. The van der Waals surface area contributed by atoms with Crippen molar-refractivity contribution in [2.24, 2.45) is 0 Å². The third-order valence-electron chi connectivity index (χ3n) is 3.45. The van der Waals surface area contributed by atoms with Crippen LogP contribution < -0.4 is 10.2 Å². The van der Waals surface area contributed by atoms with E-state index in [0.717, 1.165) is 12.8 Å². The Morgan fingerprint density at radius 1 is 1.55 bits per heavy atom. The van der Waals surface area contributed by atoms with Crippen LogP contribution in [-0.4, -0.2) is 47.9 Å². The first-order valence-electron chi connectivity index (χ1n) is 6.66. The van der Waals surface area contributed by atoms with E-state index in [2.05, 4.69) is 21.6 Å². The smallest absolute Gasteiger partial charge is 0.245 e. The number of morpholine rings is 1. The summed E-state index contributed by atoms with van der Waals surface area (Å²) in [7, 11) is 0. The Labute approximate surface area is 116 Å². The van der Waals surface area contributed by atoms with E-state index in [9.17, 15) is 4.79 Å². The van der Waals surface area contributed by atoms with Gasteiger partial charge in [0.1, 0.15) is 12.1 Å². The number of ether oxygens (including phenoxy) is 1. The Balaban J connectivity index is 1.84. The average Bonchev–Trinajstić information content (AvgIpc) is 3.31. The van der Waals surface area contributed by atoms with Crippen LogP contribution in [0.2, 0.25) is 0 Å². The Bertz CT molecular complexity index is 552. The third-order valence-corrected chi connectivity index (χ3v) is 3.45. The van der Waals surface area contributed by atoms with Gasteiger partial charge in [-0.2, -0.15) is 10.4 Å². The van der Waals surface area contributed by atoms with Crippen molar-refractivity contribution in [1.29, 1.82) is 5.26 Å². The summed E-state index contributed by atoms with van der Waals surface area (Å²) in [6.07, 6.45) is 3.55. The van der Waals surface area contributed by atoms with Crippen LogP contribution in [0.4, 0.5) is 5.82 Å². The molecule has 1 atom stereocenters. The van der Waals surface area contributed by atoms with Gasteiger partial charge in [-0.15, -0.1) is 5.10 Å². The quantitative estimate of drug-likeness (QED) is 0.822. The van der Waals surface area contributed by atoms with E-state index < -0.39 is 6.04 Å². The predicted molar refractivity (Wildman–Crippen MR) is 69.9 cm³/mol. The molecule has 1 saturated heterocycles. The number of carbonyl (C=O) groups is 1. The van der Waals surface area contributed by atoms with Crippen molar-refractivity contribution >= 4 is 11.7 Å².